The van der Waals surface area contributed by atoms with Crippen molar-refractivity contribution in [1.82, 2.24) is 5.43 Å². The van der Waals surface area contributed by atoms with Gasteiger partial charge in [-0.25, -0.2) is 5.43 Å². The smallest absolute Gasteiger partial charge is 0.271 e. The second-order valence-electron chi connectivity index (χ2n) is 5.99. The quantitative estimate of drug-likeness (QED) is 0.745. The zero-order valence-electron chi connectivity index (χ0n) is 13.7. The Hall–Kier alpha value is -3.27. The van der Waals surface area contributed by atoms with Crippen LogP contribution in [0.4, 0.5) is 0 Å². The number of hydrogen-bond donors (Lipinski definition) is 1. The van der Waals surface area contributed by atoms with Crippen molar-refractivity contribution in [2.75, 3.05) is 0 Å². The summed E-state index contributed by atoms with van der Waals surface area (Å²) in [4.78, 5) is 24.9. The summed E-state index contributed by atoms with van der Waals surface area (Å²) in [5, 5.41) is 6.02. The van der Waals surface area contributed by atoms with E-state index in [-0.39, 0.29) is 17.4 Å². The number of amides is 1. The molecule has 1 amide bonds. The number of carbonyl (C=O) groups excluding carboxylic acids is 2. The Morgan fingerprint density at radius 1 is 0.960 bits per heavy atom. The van der Waals surface area contributed by atoms with Crippen LogP contribution in [0, 0.1) is 0 Å². The van der Waals surface area contributed by atoms with Gasteiger partial charge >= 0.3 is 0 Å². The number of ketones is 1. The Bertz CT molecular complexity index is 1030. The maximum absolute atomic E-state index is 12.6. The molecule has 122 valence electrons. The minimum atomic E-state index is -0.328. The molecule has 4 rings (SSSR count). The third-order valence-electron chi connectivity index (χ3n) is 4.51. The molecule has 0 aromatic heterocycles. The van der Waals surface area contributed by atoms with Gasteiger partial charge in [-0.05, 0) is 29.5 Å². The molecular weight excluding hydrogens is 312 g/mol. The molecule has 0 aliphatic heterocycles. The Morgan fingerprint density at radius 2 is 1.64 bits per heavy atom. The highest BCUT2D eigenvalue weighted by atomic mass is 16.2. The standard InChI is InChI=1S/C21H16N2O2/c1-2-13-9-11-15(12-10-13)21(25)23-22-19-16-7-3-5-14-6-4-8-17(18(14)16)20(19)24/h3-12H,2H2,1H3,(H,23,25)/b22-19-. The molecule has 0 bridgehead atoms. The van der Waals surface area contributed by atoms with Gasteiger partial charge in [-0.15, -0.1) is 0 Å². The molecule has 0 heterocycles. The average molecular weight is 328 g/mol. The van der Waals surface area contributed by atoms with Crippen LogP contribution in [-0.2, 0) is 6.42 Å². The van der Waals surface area contributed by atoms with Gasteiger partial charge in [0.05, 0.1) is 0 Å². The molecule has 3 aromatic carbocycles. The molecule has 0 unspecified atom stereocenters. The third kappa shape index (κ3) is 2.52. The first-order valence-electron chi connectivity index (χ1n) is 8.23. The van der Waals surface area contributed by atoms with E-state index < -0.39 is 0 Å². The van der Waals surface area contributed by atoms with Crippen molar-refractivity contribution >= 4 is 28.2 Å². The van der Waals surface area contributed by atoms with Gasteiger partial charge in [-0.1, -0.05) is 55.5 Å². The van der Waals surface area contributed by atoms with Crippen LogP contribution in [0.2, 0.25) is 0 Å². The lowest BCUT2D eigenvalue weighted by Gasteiger charge is -2.03. The van der Waals surface area contributed by atoms with Crippen LogP contribution in [0.25, 0.3) is 10.8 Å². The van der Waals surface area contributed by atoms with Gasteiger partial charge in [0.2, 0.25) is 5.78 Å². The maximum atomic E-state index is 12.6. The topological polar surface area (TPSA) is 58.5 Å². The lowest BCUT2D eigenvalue weighted by atomic mass is 10.1. The van der Waals surface area contributed by atoms with Crippen LogP contribution >= 0.6 is 0 Å². The first-order valence-corrected chi connectivity index (χ1v) is 8.23. The monoisotopic (exact) mass is 328 g/mol. The molecule has 0 fully saturated rings. The number of benzene rings is 3. The number of Topliss-reactive ketones (excluding diaryl/α,β-unsaturated/α-hetero) is 1. The predicted octanol–water partition coefficient (Wildman–Crippen LogP) is 3.73. The number of carbonyl (C=O) groups is 2. The summed E-state index contributed by atoms with van der Waals surface area (Å²) in [6.45, 7) is 2.06. The highest BCUT2D eigenvalue weighted by molar-refractivity contribution is 6.59. The molecule has 1 aliphatic rings. The van der Waals surface area contributed by atoms with Gasteiger partial charge < -0.3 is 0 Å². The third-order valence-corrected chi connectivity index (χ3v) is 4.51. The summed E-state index contributed by atoms with van der Waals surface area (Å²) < 4.78 is 0. The number of hydrogen-bond acceptors (Lipinski definition) is 3. The average Bonchev–Trinajstić information content (AvgIpc) is 2.94. The first-order chi connectivity index (χ1) is 12.2. The predicted molar refractivity (Wildman–Crippen MR) is 98.1 cm³/mol. The molecule has 0 saturated carbocycles. The fourth-order valence-electron chi connectivity index (χ4n) is 3.15. The van der Waals surface area contributed by atoms with E-state index in [2.05, 4.69) is 17.5 Å². The zero-order valence-corrected chi connectivity index (χ0v) is 13.7. The first kappa shape index (κ1) is 15.3. The van der Waals surface area contributed by atoms with Gasteiger partial charge in [0, 0.05) is 22.1 Å². The highest BCUT2D eigenvalue weighted by Crippen LogP contribution is 2.30. The van der Waals surface area contributed by atoms with Crippen LogP contribution in [0.1, 0.15) is 38.8 Å². The molecule has 0 spiro atoms. The molecule has 3 aromatic rings. The maximum Gasteiger partial charge on any atom is 0.271 e. The van der Waals surface area contributed by atoms with E-state index in [9.17, 15) is 9.59 Å². The summed E-state index contributed by atoms with van der Waals surface area (Å²) in [6, 6.07) is 18.7. The minimum Gasteiger partial charge on any atom is -0.287 e. The Kier molecular flexibility index (Phi) is 3.65. The molecule has 1 N–H and O–H groups in total. The second-order valence-corrected chi connectivity index (χ2v) is 5.99. The van der Waals surface area contributed by atoms with Crippen LogP contribution in [0.15, 0.2) is 65.8 Å². The van der Waals surface area contributed by atoms with Crippen molar-refractivity contribution in [3.8, 4) is 0 Å². The largest absolute Gasteiger partial charge is 0.287 e. The number of hydrazone groups is 1. The SMILES string of the molecule is CCc1ccc(C(=O)N/N=C2\C(=O)c3cccc4cccc2c34)cc1. The van der Waals surface area contributed by atoms with Crippen molar-refractivity contribution in [1.29, 1.82) is 0 Å². The van der Waals surface area contributed by atoms with Crippen molar-refractivity contribution < 1.29 is 9.59 Å². The Labute approximate surface area is 145 Å². The molecule has 4 heteroatoms. The molecule has 25 heavy (non-hydrogen) atoms. The van der Waals surface area contributed by atoms with E-state index in [1.54, 1.807) is 18.2 Å². The van der Waals surface area contributed by atoms with Crippen molar-refractivity contribution in [3.63, 3.8) is 0 Å². The fourth-order valence-corrected chi connectivity index (χ4v) is 3.15. The van der Waals surface area contributed by atoms with E-state index in [1.807, 2.05) is 42.5 Å². The normalized spacial score (nSPS) is 14.3. The number of nitrogens with one attached hydrogen (secondary N) is 1. The Morgan fingerprint density at radius 3 is 2.32 bits per heavy atom. The minimum absolute atomic E-state index is 0.159. The van der Waals surface area contributed by atoms with Gasteiger partial charge in [0.15, 0.2) is 0 Å². The van der Waals surface area contributed by atoms with Gasteiger partial charge in [-0.2, -0.15) is 5.10 Å². The van der Waals surface area contributed by atoms with Crippen LogP contribution in [0.3, 0.4) is 0 Å². The fraction of sp³-hybridized carbons (Fsp3) is 0.0952. The van der Waals surface area contributed by atoms with Gasteiger partial charge in [-0.3, -0.25) is 9.59 Å². The lowest BCUT2D eigenvalue weighted by molar-refractivity contribution is 0.0955. The number of rotatable bonds is 3. The van der Waals surface area contributed by atoms with E-state index in [1.165, 1.54) is 0 Å². The van der Waals surface area contributed by atoms with E-state index in [0.29, 0.717) is 11.1 Å². The zero-order chi connectivity index (χ0) is 17.4. The molecule has 0 saturated heterocycles. The second kappa shape index (κ2) is 5.98. The summed E-state index contributed by atoms with van der Waals surface area (Å²) >= 11 is 0. The summed E-state index contributed by atoms with van der Waals surface area (Å²) in [6.07, 6.45) is 0.918. The lowest BCUT2D eigenvalue weighted by Crippen LogP contribution is -2.22. The van der Waals surface area contributed by atoms with E-state index >= 15 is 0 Å². The molecule has 0 atom stereocenters. The van der Waals surface area contributed by atoms with Crippen molar-refractivity contribution in [3.05, 3.63) is 82.9 Å². The molecule has 0 radical (unpaired) electrons. The summed E-state index contributed by atoms with van der Waals surface area (Å²) in [5.41, 5.74) is 5.87. The molecular formula is C21H16N2O2. The van der Waals surface area contributed by atoms with Crippen LogP contribution in [-0.4, -0.2) is 17.4 Å². The molecule has 1 aliphatic carbocycles. The summed E-state index contributed by atoms with van der Waals surface area (Å²) in [7, 11) is 0. The van der Waals surface area contributed by atoms with E-state index in [0.717, 1.165) is 28.3 Å². The van der Waals surface area contributed by atoms with Crippen molar-refractivity contribution in [2.45, 2.75) is 13.3 Å². The molecule has 4 nitrogen and oxygen atoms in total. The summed E-state index contributed by atoms with van der Waals surface area (Å²) in [5.74, 6) is -0.487. The van der Waals surface area contributed by atoms with Gasteiger partial charge in [0.1, 0.15) is 5.71 Å². The number of aryl methyl sites for hydroxylation is 1. The Balaban J connectivity index is 1.65. The van der Waals surface area contributed by atoms with E-state index in [4.69, 9.17) is 0 Å². The van der Waals surface area contributed by atoms with Crippen LogP contribution in [0.5, 0.6) is 0 Å². The van der Waals surface area contributed by atoms with Crippen molar-refractivity contribution in [2.24, 2.45) is 5.10 Å². The van der Waals surface area contributed by atoms with Gasteiger partial charge in [0.25, 0.3) is 5.91 Å². The number of nitrogens with zero attached hydrogens (tertiary/aromatic N) is 1. The van der Waals surface area contributed by atoms with Crippen LogP contribution < -0.4 is 5.43 Å². The highest BCUT2D eigenvalue weighted by Gasteiger charge is 2.28.